The van der Waals surface area contributed by atoms with Gasteiger partial charge in [0.1, 0.15) is 57.6 Å². The highest BCUT2D eigenvalue weighted by Crippen LogP contribution is 2.37. The molecule has 6 nitrogen and oxygen atoms in total. The van der Waals surface area contributed by atoms with Crippen LogP contribution in [-0.2, 0) is 0 Å². The topological polar surface area (TPSA) is 55.4 Å². The highest BCUT2D eigenvalue weighted by atomic mass is 19.1. The maximum absolute atomic E-state index is 13.6. The molecule has 7 rings (SSSR count). The molecule has 0 saturated carbocycles. The quantitative estimate of drug-likeness (QED) is 0.129. The van der Waals surface area contributed by atoms with Gasteiger partial charge in [-0.25, -0.2) is 8.78 Å². The van der Waals surface area contributed by atoms with Gasteiger partial charge >= 0.3 is 0 Å². The van der Waals surface area contributed by atoms with Crippen LogP contribution in [0.2, 0.25) is 0 Å². The Morgan fingerprint density at radius 1 is 0.240 bits per heavy atom. The summed E-state index contributed by atoms with van der Waals surface area (Å²) in [6.45, 7) is 0. The largest absolute Gasteiger partial charge is 0.457 e. The average molecular weight is 667 g/mol. The van der Waals surface area contributed by atoms with Crippen LogP contribution in [0, 0.1) is 11.6 Å². The predicted octanol–water partition coefficient (Wildman–Crippen LogP) is 12.7. The Labute approximate surface area is 287 Å². The second-order valence-corrected chi connectivity index (χ2v) is 10.8. The van der Waals surface area contributed by atoms with E-state index in [0.717, 1.165) is 0 Å². The van der Waals surface area contributed by atoms with Crippen molar-refractivity contribution in [1.82, 2.24) is 0 Å². The molecule has 246 valence electrons. The Balaban J connectivity index is 0.929. The summed E-state index contributed by atoms with van der Waals surface area (Å²) in [4.78, 5) is 0. The summed E-state index contributed by atoms with van der Waals surface area (Å²) < 4.78 is 63.0. The number of rotatable bonds is 12. The van der Waals surface area contributed by atoms with E-state index in [4.69, 9.17) is 28.4 Å². The van der Waals surface area contributed by atoms with Crippen LogP contribution in [0.4, 0.5) is 8.78 Å². The van der Waals surface area contributed by atoms with Crippen molar-refractivity contribution >= 4 is 0 Å². The molecule has 0 aliphatic rings. The molecule has 7 aromatic carbocycles. The zero-order chi connectivity index (χ0) is 34.1. The van der Waals surface area contributed by atoms with E-state index in [1.54, 1.807) is 97.1 Å². The summed E-state index contributed by atoms with van der Waals surface area (Å²) in [5.74, 6) is 5.52. The summed E-state index contributed by atoms with van der Waals surface area (Å²) >= 11 is 0. The minimum absolute atomic E-state index is 0.373. The third kappa shape index (κ3) is 8.37. The molecule has 0 aliphatic carbocycles. The van der Waals surface area contributed by atoms with Gasteiger partial charge in [-0.05, 0) is 121 Å². The van der Waals surface area contributed by atoms with E-state index in [2.05, 4.69) is 0 Å². The van der Waals surface area contributed by atoms with Gasteiger partial charge in [0, 0.05) is 12.1 Å². The molecule has 0 bridgehead atoms. The number of para-hydroxylation sites is 4. The minimum Gasteiger partial charge on any atom is -0.457 e. The van der Waals surface area contributed by atoms with Gasteiger partial charge in [0.05, 0.1) is 0 Å². The van der Waals surface area contributed by atoms with Crippen LogP contribution in [0.15, 0.2) is 170 Å². The van der Waals surface area contributed by atoms with Crippen LogP contribution in [-0.4, -0.2) is 0 Å². The van der Waals surface area contributed by atoms with Crippen LogP contribution < -0.4 is 28.4 Å². The van der Waals surface area contributed by atoms with Crippen LogP contribution in [0.1, 0.15) is 0 Å². The van der Waals surface area contributed by atoms with E-state index in [0.29, 0.717) is 69.0 Å². The third-order valence-electron chi connectivity index (χ3n) is 7.14. The van der Waals surface area contributed by atoms with Crippen LogP contribution >= 0.6 is 0 Å². The molecule has 0 spiro atoms. The van der Waals surface area contributed by atoms with Crippen LogP contribution in [0.5, 0.6) is 69.0 Å². The van der Waals surface area contributed by atoms with Crippen molar-refractivity contribution in [2.45, 2.75) is 0 Å². The van der Waals surface area contributed by atoms with Gasteiger partial charge < -0.3 is 28.4 Å². The average Bonchev–Trinajstić information content (AvgIpc) is 3.12. The van der Waals surface area contributed by atoms with E-state index < -0.39 is 0 Å². The Kier molecular flexibility index (Phi) is 9.51. The predicted molar refractivity (Wildman–Crippen MR) is 185 cm³/mol. The molecular formula is C42H28F2O6. The molecule has 0 atom stereocenters. The highest BCUT2D eigenvalue weighted by Gasteiger charge is 2.10. The van der Waals surface area contributed by atoms with Gasteiger partial charge in [-0.15, -0.1) is 0 Å². The first-order valence-electron chi connectivity index (χ1n) is 15.6. The molecule has 0 heterocycles. The van der Waals surface area contributed by atoms with Gasteiger partial charge in [-0.2, -0.15) is 0 Å². The second kappa shape index (κ2) is 15.0. The van der Waals surface area contributed by atoms with Crippen molar-refractivity contribution < 1.29 is 37.2 Å². The van der Waals surface area contributed by atoms with Gasteiger partial charge in [-0.3, -0.25) is 0 Å². The molecular weight excluding hydrogens is 638 g/mol. The molecule has 0 saturated heterocycles. The fourth-order valence-electron chi connectivity index (χ4n) is 4.81. The van der Waals surface area contributed by atoms with Gasteiger partial charge in [0.2, 0.25) is 0 Å². The van der Waals surface area contributed by atoms with E-state index in [1.807, 2.05) is 48.5 Å². The number of hydrogen-bond acceptors (Lipinski definition) is 6. The molecule has 0 unspecified atom stereocenters. The first-order valence-corrected chi connectivity index (χ1v) is 15.6. The van der Waals surface area contributed by atoms with Gasteiger partial charge in [0.15, 0.2) is 23.0 Å². The van der Waals surface area contributed by atoms with Crippen molar-refractivity contribution in [3.05, 3.63) is 181 Å². The lowest BCUT2D eigenvalue weighted by atomic mass is 10.3. The second-order valence-electron chi connectivity index (χ2n) is 10.8. The fourth-order valence-corrected chi connectivity index (χ4v) is 4.81. The number of hydrogen-bond donors (Lipinski definition) is 0. The Morgan fingerprint density at radius 2 is 0.500 bits per heavy atom. The van der Waals surface area contributed by atoms with Crippen LogP contribution in [0.25, 0.3) is 0 Å². The molecule has 0 amide bonds. The Morgan fingerprint density at radius 3 is 0.780 bits per heavy atom. The zero-order valence-corrected chi connectivity index (χ0v) is 26.4. The molecule has 0 N–H and O–H groups in total. The summed E-state index contributed by atoms with van der Waals surface area (Å²) in [5.41, 5.74) is 0. The Hall–Kier alpha value is -6.80. The Bertz CT molecular complexity index is 2030. The van der Waals surface area contributed by atoms with E-state index >= 15 is 0 Å². The van der Waals surface area contributed by atoms with Gasteiger partial charge in [0.25, 0.3) is 0 Å². The maximum Gasteiger partial charge on any atom is 0.169 e. The highest BCUT2D eigenvalue weighted by molar-refractivity contribution is 5.48. The fraction of sp³-hybridized carbons (Fsp3) is 0. The molecule has 7 aromatic rings. The molecule has 0 fully saturated rings. The number of benzene rings is 7. The first-order chi connectivity index (χ1) is 24.5. The monoisotopic (exact) mass is 666 g/mol. The lowest BCUT2D eigenvalue weighted by Gasteiger charge is -2.13. The normalized spacial score (nSPS) is 10.6. The molecule has 50 heavy (non-hydrogen) atoms. The molecule has 8 heteroatoms. The number of halogens is 2. The molecule has 0 aliphatic heterocycles. The number of ether oxygens (including phenoxy) is 6. The van der Waals surface area contributed by atoms with Crippen molar-refractivity contribution in [1.29, 1.82) is 0 Å². The van der Waals surface area contributed by atoms with Crippen molar-refractivity contribution in [3.8, 4) is 69.0 Å². The smallest absolute Gasteiger partial charge is 0.169 e. The summed E-state index contributed by atoms with van der Waals surface area (Å²) in [7, 11) is 0. The van der Waals surface area contributed by atoms with E-state index in [1.165, 1.54) is 24.3 Å². The van der Waals surface area contributed by atoms with Gasteiger partial charge in [-0.1, -0.05) is 36.4 Å². The third-order valence-corrected chi connectivity index (χ3v) is 7.14. The molecule has 0 radical (unpaired) electrons. The first kappa shape index (κ1) is 31.8. The van der Waals surface area contributed by atoms with Crippen molar-refractivity contribution in [2.75, 3.05) is 0 Å². The lowest BCUT2D eigenvalue weighted by Crippen LogP contribution is -1.91. The summed E-state index contributed by atoms with van der Waals surface area (Å²) in [5, 5.41) is 0. The lowest BCUT2D eigenvalue weighted by molar-refractivity contribution is 0.416. The maximum atomic E-state index is 13.6. The van der Waals surface area contributed by atoms with E-state index in [-0.39, 0.29) is 11.6 Å². The van der Waals surface area contributed by atoms with Crippen molar-refractivity contribution in [3.63, 3.8) is 0 Å². The minimum atomic E-state index is -0.383. The summed E-state index contributed by atoms with van der Waals surface area (Å²) in [6, 6.07) is 47.8. The SMILES string of the molecule is Fc1cccc(Oc2ccccc2Oc2ccc(Oc3ccc(Oc4ccc(Oc5ccccc5Oc5cccc(F)c5)cc4)cc3)cc2)c1. The van der Waals surface area contributed by atoms with Crippen LogP contribution in [0.3, 0.4) is 0 Å². The molecule has 0 aromatic heterocycles. The standard InChI is InChI=1S/C42H28F2O6/c43-29-7-5-9-37(27-29)49-41-13-3-1-11-39(41)47-35-23-19-33(20-24-35)45-31-15-17-32(18-16-31)46-34-21-25-36(26-22-34)48-40-12-2-4-14-42(40)50-38-10-6-8-30(44)28-38/h1-28H. The zero-order valence-electron chi connectivity index (χ0n) is 26.4. The van der Waals surface area contributed by atoms with Crippen molar-refractivity contribution in [2.24, 2.45) is 0 Å². The van der Waals surface area contributed by atoms with E-state index in [9.17, 15) is 8.78 Å². The summed E-state index contributed by atoms with van der Waals surface area (Å²) in [6.07, 6.45) is 0.